The molecule has 0 aliphatic carbocycles. The van der Waals surface area contributed by atoms with Gasteiger partial charge in [-0.1, -0.05) is 22.9 Å². The molecule has 0 aromatic heterocycles. The maximum absolute atomic E-state index is 12.0. The van der Waals surface area contributed by atoms with E-state index in [2.05, 4.69) is 28.2 Å². The van der Waals surface area contributed by atoms with Crippen LogP contribution in [-0.2, 0) is 0 Å². The molecule has 1 aromatic rings. The molecule has 1 N–H and O–H groups in total. The predicted octanol–water partition coefficient (Wildman–Crippen LogP) is 2.75. The first-order chi connectivity index (χ1) is 9.20. The standard InChI is InChI=1S/C14H18BrNO3/c1-2-11(15)5-6-16-14(17)10-3-4-12-13(9-10)19-8-7-18-12/h3-4,9,11H,2,5-8H2,1H3,(H,16,17). The van der Waals surface area contributed by atoms with Crippen LogP contribution >= 0.6 is 15.9 Å². The number of carbonyl (C=O) groups is 1. The Morgan fingerprint density at radius 3 is 2.84 bits per heavy atom. The average Bonchev–Trinajstić information content (AvgIpc) is 2.46. The van der Waals surface area contributed by atoms with Gasteiger partial charge in [-0.3, -0.25) is 4.79 Å². The van der Waals surface area contributed by atoms with Crippen molar-refractivity contribution in [2.24, 2.45) is 0 Å². The predicted molar refractivity (Wildman–Crippen MR) is 77.4 cm³/mol. The highest BCUT2D eigenvalue weighted by atomic mass is 79.9. The van der Waals surface area contributed by atoms with Crippen molar-refractivity contribution in [3.8, 4) is 11.5 Å². The number of benzene rings is 1. The molecule has 1 amide bonds. The molecule has 1 atom stereocenters. The number of fused-ring (bicyclic) bond motifs is 1. The summed E-state index contributed by atoms with van der Waals surface area (Å²) in [7, 11) is 0. The SMILES string of the molecule is CCC(Br)CCNC(=O)c1ccc2c(c1)OCCO2. The molecule has 0 saturated carbocycles. The summed E-state index contributed by atoms with van der Waals surface area (Å²) in [5.41, 5.74) is 0.604. The van der Waals surface area contributed by atoms with Crippen molar-refractivity contribution in [3.05, 3.63) is 23.8 Å². The molecule has 5 heteroatoms. The quantitative estimate of drug-likeness (QED) is 0.846. The Bertz CT molecular complexity index is 450. The van der Waals surface area contributed by atoms with Crippen LogP contribution in [0.25, 0.3) is 0 Å². The molecule has 1 heterocycles. The van der Waals surface area contributed by atoms with E-state index >= 15 is 0 Å². The number of rotatable bonds is 5. The molecule has 0 spiro atoms. The third-order valence-corrected chi connectivity index (χ3v) is 4.10. The van der Waals surface area contributed by atoms with Crippen LogP contribution < -0.4 is 14.8 Å². The minimum absolute atomic E-state index is 0.0761. The van der Waals surface area contributed by atoms with Crippen molar-refractivity contribution in [2.45, 2.75) is 24.6 Å². The maximum atomic E-state index is 12.0. The number of halogens is 1. The molecule has 4 nitrogen and oxygen atoms in total. The molecule has 0 radical (unpaired) electrons. The first kappa shape index (κ1) is 14.2. The van der Waals surface area contributed by atoms with E-state index in [1.807, 2.05) is 0 Å². The Hall–Kier alpha value is -1.23. The first-order valence-electron chi connectivity index (χ1n) is 6.52. The van der Waals surface area contributed by atoms with Gasteiger partial charge in [-0.2, -0.15) is 0 Å². The lowest BCUT2D eigenvalue weighted by Crippen LogP contribution is -2.26. The second kappa shape index (κ2) is 6.80. The van der Waals surface area contributed by atoms with Crippen LogP contribution in [-0.4, -0.2) is 30.5 Å². The molecular weight excluding hydrogens is 310 g/mol. The molecular formula is C14H18BrNO3. The van der Waals surface area contributed by atoms with Crippen LogP contribution in [0.15, 0.2) is 18.2 Å². The highest BCUT2D eigenvalue weighted by molar-refractivity contribution is 9.09. The van der Waals surface area contributed by atoms with Crippen LogP contribution in [0.5, 0.6) is 11.5 Å². The third kappa shape index (κ3) is 3.86. The molecule has 0 fully saturated rings. The van der Waals surface area contributed by atoms with Gasteiger partial charge in [0, 0.05) is 16.9 Å². The maximum Gasteiger partial charge on any atom is 0.251 e. The summed E-state index contributed by atoms with van der Waals surface area (Å²) in [6, 6.07) is 5.27. The number of hydrogen-bond acceptors (Lipinski definition) is 3. The molecule has 19 heavy (non-hydrogen) atoms. The summed E-state index contributed by atoms with van der Waals surface area (Å²) in [6.07, 6.45) is 1.98. The van der Waals surface area contributed by atoms with Crippen molar-refractivity contribution in [2.75, 3.05) is 19.8 Å². The number of ether oxygens (including phenoxy) is 2. The minimum atomic E-state index is -0.0761. The molecule has 1 aromatic carbocycles. The third-order valence-electron chi connectivity index (χ3n) is 2.99. The van der Waals surface area contributed by atoms with Gasteiger partial charge in [-0.05, 0) is 31.0 Å². The lowest BCUT2D eigenvalue weighted by molar-refractivity contribution is 0.0952. The monoisotopic (exact) mass is 327 g/mol. The normalized spacial score (nSPS) is 14.8. The fourth-order valence-corrected chi connectivity index (χ4v) is 2.06. The van der Waals surface area contributed by atoms with E-state index in [4.69, 9.17) is 9.47 Å². The van der Waals surface area contributed by atoms with Gasteiger partial charge in [-0.15, -0.1) is 0 Å². The van der Waals surface area contributed by atoms with Gasteiger partial charge < -0.3 is 14.8 Å². The van der Waals surface area contributed by atoms with Gasteiger partial charge in [0.25, 0.3) is 5.91 Å². The topological polar surface area (TPSA) is 47.6 Å². The zero-order valence-corrected chi connectivity index (χ0v) is 12.5. The smallest absolute Gasteiger partial charge is 0.251 e. The minimum Gasteiger partial charge on any atom is -0.486 e. The highest BCUT2D eigenvalue weighted by Crippen LogP contribution is 2.30. The van der Waals surface area contributed by atoms with Crippen molar-refractivity contribution >= 4 is 21.8 Å². The van der Waals surface area contributed by atoms with E-state index in [1.54, 1.807) is 18.2 Å². The van der Waals surface area contributed by atoms with E-state index in [9.17, 15) is 4.79 Å². The van der Waals surface area contributed by atoms with Gasteiger partial charge in [0.1, 0.15) is 13.2 Å². The van der Waals surface area contributed by atoms with Crippen LogP contribution in [0, 0.1) is 0 Å². The number of alkyl halides is 1. The zero-order valence-electron chi connectivity index (χ0n) is 10.9. The average molecular weight is 328 g/mol. The lowest BCUT2D eigenvalue weighted by atomic mass is 10.1. The Kier molecular flexibility index (Phi) is 5.07. The Labute approximate surface area is 121 Å². The summed E-state index contributed by atoms with van der Waals surface area (Å²) < 4.78 is 10.9. The summed E-state index contributed by atoms with van der Waals surface area (Å²) in [5, 5.41) is 2.91. The van der Waals surface area contributed by atoms with Gasteiger partial charge in [0.05, 0.1) is 0 Å². The van der Waals surface area contributed by atoms with E-state index < -0.39 is 0 Å². The summed E-state index contributed by atoms with van der Waals surface area (Å²) in [4.78, 5) is 12.4. The van der Waals surface area contributed by atoms with Crippen molar-refractivity contribution in [1.82, 2.24) is 5.32 Å². The summed E-state index contributed by atoms with van der Waals surface area (Å²) in [5.74, 6) is 1.27. The van der Waals surface area contributed by atoms with Crippen molar-refractivity contribution < 1.29 is 14.3 Å². The van der Waals surface area contributed by atoms with E-state index in [1.165, 1.54) is 0 Å². The number of amides is 1. The van der Waals surface area contributed by atoms with E-state index in [0.29, 0.717) is 41.6 Å². The fourth-order valence-electron chi connectivity index (χ4n) is 1.83. The number of hydrogen-bond donors (Lipinski definition) is 1. The van der Waals surface area contributed by atoms with Gasteiger partial charge in [0.15, 0.2) is 11.5 Å². The molecule has 1 unspecified atom stereocenters. The Morgan fingerprint density at radius 2 is 2.11 bits per heavy atom. The Balaban J connectivity index is 1.92. The first-order valence-corrected chi connectivity index (χ1v) is 7.44. The number of nitrogens with one attached hydrogen (secondary N) is 1. The molecule has 2 rings (SSSR count). The molecule has 1 aliphatic heterocycles. The summed E-state index contributed by atoms with van der Waals surface area (Å²) >= 11 is 3.54. The molecule has 104 valence electrons. The highest BCUT2D eigenvalue weighted by Gasteiger charge is 2.14. The fraction of sp³-hybridized carbons (Fsp3) is 0.500. The van der Waals surface area contributed by atoms with Crippen LogP contribution in [0.1, 0.15) is 30.1 Å². The zero-order chi connectivity index (χ0) is 13.7. The molecule has 1 aliphatic rings. The van der Waals surface area contributed by atoms with Crippen LogP contribution in [0.4, 0.5) is 0 Å². The van der Waals surface area contributed by atoms with Crippen LogP contribution in [0.2, 0.25) is 0 Å². The van der Waals surface area contributed by atoms with Crippen molar-refractivity contribution in [1.29, 1.82) is 0 Å². The van der Waals surface area contributed by atoms with Crippen LogP contribution in [0.3, 0.4) is 0 Å². The van der Waals surface area contributed by atoms with E-state index in [-0.39, 0.29) is 5.91 Å². The van der Waals surface area contributed by atoms with Gasteiger partial charge >= 0.3 is 0 Å². The molecule has 0 saturated heterocycles. The molecule has 0 bridgehead atoms. The second-order valence-corrected chi connectivity index (χ2v) is 5.70. The largest absolute Gasteiger partial charge is 0.486 e. The van der Waals surface area contributed by atoms with E-state index in [0.717, 1.165) is 12.8 Å². The van der Waals surface area contributed by atoms with Crippen molar-refractivity contribution in [3.63, 3.8) is 0 Å². The van der Waals surface area contributed by atoms with Gasteiger partial charge in [-0.25, -0.2) is 0 Å². The summed E-state index contributed by atoms with van der Waals surface area (Å²) in [6.45, 7) is 3.86. The number of carbonyl (C=O) groups excluding carboxylic acids is 1. The second-order valence-electron chi connectivity index (χ2n) is 4.41. The lowest BCUT2D eigenvalue weighted by Gasteiger charge is -2.18. The van der Waals surface area contributed by atoms with Gasteiger partial charge in [0.2, 0.25) is 0 Å². The Morgan fingerprint density at radius 1 is 1.37 bits per heavy atom.